The first kappa shape index (κ1) is 71.6. The van der Waals surface area contributed by atoms with Crippen LogP contribution in [0.25, 0.3) is 0 Å². The summed E-state index contributed by atoms with van der Waals surface area (Å²) in [5, 5.41) is 35.2. The number of ether oxygens (including phenoxy) is 2. The number of carboxylic acids is 1. The number of halogens is 10. The van der Waals surface area contributed by atoms with Gasteiger partial charge in [-0.25, -0.2) is 22.9 Å². The minimum atomic E-state index is -4.87. The van der Waals surface area contributed by atoms with Gasteiger partial charge in [0.2, 0.25) is 11.6 Å². The number of nitrogens with zero attached hydrogens (tertiary/aromatic N) is 9. The van der Waals surface area contributed by atoms with Crippen LogP contribution < -0.4 is 66.0 Å². The van der Waals surface area contributed by atoms with Crippen molar-refractivity contribution in [1.29, 1.82) is 0 Å². The Morgan fingerprint density at radius 3 is 1.42 bits per heavy atom. The molecule has 8 rings (SSSR count). The van der Waals surface area contributed by atoms with Gasteiger partial charge in [-0.3, -0.25) is 33.6 Å². The molecule has 2 atom stereocenters. The predicted octanol–water partition coefficient (Wildman–Crippen LogP) is 2.41. The second-order valence-electron chi connectivity index (χ2n) is 19.6. The second-order valence-corrected chi connectivity index (χ2v) is 19.6. The van der Waals surface area contributed by atoms with Crippen molar-refractivity contribution < 1.29 is 106 Å². The second kappa shape index (κ2) is 34.0. The van der Waals surface area contributed by atoms with Crippen LogP contribution in [0.1, 0.15) is 83.5 Å². The van der Waals surface area contributed by atoms with E-state index >= 15 is 0 Å². The van der Waals surface area contributed by atoms with Gasteiger partial charge >= 0.3 is 55.3 Å². The number of carbonyl (C=O) groups excluding carboxylic acids is 5. The number of hydrogen-bond acceptors (Lipinski definition) is 15. The Labute approximate surface area is 515 Å². The summed E-state index contributed by atoms with van der Waals surface area (Å²) in [6.45, 7) is 1.83. The number of anilines is 2. The van der Waals surface area contributed by atoms with Crippen LogP contribution in [0.15, 0.2) is 95.0 Å². The summed E-state index contributed by atoms with van der Waals surface area (Å²) < 4.78 is 144. The summed E-state index contributed by atoms with van der Waals surface area (Å²) in [7, 11) is 0. The Morgan fingerprint density at radius 1 is 0.611 bits per heavy atom. The molecule has 2 aromatic carbocycles. The van der Waals surface area contributed by atoms with E-state index in [4.69, 9.17) is 5.11 Å². The van der Waals surface area contributed by atoms with Crippen molar-refractivity contribution in [2.45, 2.75) is 116 Å². The molecule has 0 radical (unpaired) electrons. The molecule has 2 aliphatic rings. The van der Waals surface area contributed by atoms with Gasteiger partial charge in [0, 0.05) is 51.7 Å². The minimum absolute atomic E-state index is 0. The summed E-state index contributed by atoms with van der Waals surface area (Å²) in [5.41, 5.74) is -3.16. The molecule has 25 nitrogen and oxygen atoms in total. The molecule has 0 aliphatic carbocycles. The largest absolute Gasteiger partial charge is 1.00 e. The molecule has 6 N–H and O–H groups in total. The predicted molar refractivity (Wildman–Crippen MR) is 291 cm³/mol. The zero-order valence-electron chi connectivity index (χ0n) is 47.8. The van der Waals surface area contributed by atoms with Crippen LogP contribution in [0.5, 0.6) is 11.5 Å². The Bertz CT molecular complexity index is 3530. The molecule has 2 unspecified atom stereocenters. The van der Waals surface area contributed by atoms with Crippen LogP contribution in [0.2, 0.25) is 0 Å². The quantitative estimate of drug-likeness (QED) is 0.0363. The van der Waals surface area contributed by atoms with Gasteiger partial charge in [-0.05, 0) is 106 Å². The Kier molecular flexibility index (Phi) is 27.1. The topological polar surface area (TPSA) is 310 Å². The average Bonchev–Trinajstić information content (AvgIpc) is 2.96. The fourth-order valence-corrected chi connectivity index (χ4v) is 8.41. The number of carbonyl (C=O) groups is 6. The monoisotopic (exact) mass is 1280 g/mol. The third-order valence-corrected chi connectivity index (χ3v) is 12.8. The van der Waals surface area contributed by atoms with Crippen molar-refractivity contribution in [1.82, 2.24) is 60.0 Å². The van der Waals surface area contributed by atoms with E-state index in [1.54, 1.807) is 5.32 Å². The van der Waals surface area contributed by atoms with Crippen molar-refractivity contribution >= 4 is 46.9 Å². The smallest absolute Gasteiger partial charge is 0.474 e. The molecule has 90 heavy (non-hydrogen) atoms. The molecule has 5 amide bonds. The van der Waals surface area contributed by atoms with E-state index in [1.165, 1.54) is 73.9 Å². The summed E-state index contributed by atoms with van der Waals surface area (Å²) >= 11 is 0. The summed E-state index contributed by atoms with van der Waals surface area (Å²) in [4.78, 5) is 96.7. The molecule has 2 aliphatic heterocycles. The molecule has 4 aromatic heterocycles. The van der Waals surface area contributed by atoms with Gasteiger partial charge in [0.15, 0.2) is 11.4 Å². The van der Waals surface area contributed by atoms with Gasteiger partial charge in [-0.1, -0.05) is 41.1 Å². The van der Waals surface area contributed by atoms with Crippen LogP contribution in [-0.4, -0.2) is 136 Å². The van der Waals surface area contributed by atoms with Gasteiger partial charge < -0.3 is 55.2 Å². The molecule has 0 bridgehead atoms. The van der Waals surface area contributed by atoms with E-state index in [2.05, 4.69) is 51.4 Å². The van der Waals surface area contributed by atoms with Crippen molar-refractivity contribution in [2.24, 2.45) is 0 Å². The minimum Gasteiger partial charge on any atom is -0.474 e. The number of pyridine rings is 2. The number of likely N-dealkylation sites (tertiary alicyclic amines) is 1. The number of aryl methyl sites for hydroxylation is 2. The van der Waals surface area contributed by atoms with Gasteiger partial charge in [-0.2, -0.15) is 8.78 Å². The third-order valence-electron chi connectivity index (χ3n) is 12.8. The zero-order chi connectivity index (χ0) is 64.8. The molecule has 0 saturated carbocycles. The zero-order valence-corrected chi connectivity index (χ0v) is 47.8. The van der Waals surface area contributed by atoms with Crippen LogP contribution in [-0.2, 0) is 58.4 Å². The summed E-state index contributed by atoms with van der Waals surface area (Å²) in [6.07, 6.45) is -2.23. The number of hydrogen-bond donors (Lipinski definition) is 6. The maximum Gasteiger partial charge on any atom is 1.00 e. The van der Waals surface area contributed by atoms with E-state index in [9.17, 15) is 82.3 Å². The van der Waals surface area contributed by atoms with Gasteiger partial charge in [-0.15, -0.1) is 36.5 Å². The average molecular weight is 1280 g/mol. The Hall–Kier alpha value is -9.10. The Morgan fingerprint density at radius 2 is 1.03 bits per heavy atom. The van der Waals surface area contributed by atoms with Crippen LogP contribution in [0, 0.1) is 11.6 Å². The standard InChI is InChI=1S/C27H28F5N7O5.C22H19F5N6O6.C5H11N.Li/c28-18(7-11-38-12-8-20(22(29)25(38)42)34-24(41)26(43)37-9-2-1-3-10-37)15-39-16-21(35-36-39)23(40)33-14-17-5-4-6-19(13-17)44-27(30,31)32;23-13(4-6-32-7-5-15(17(24)20(32)36)29-19(35)21(37)38)10-33-11-16(30-31-33)18(34)28-9-12-2-1-3-14(8-12)39-22(25,26)27;1-2-4-6-5-3-1;/h4-6,8,12-13,16,18H,1-3,7,9-11,14-15H2,(H,33,40)(H,34,41);1-3,5,7-8,11,13H,4,6,9-10H2,(H,28,34)(H,29,35)(H,37,38);6H,1-5H2;/q;;;+1. The SMILES string of the molecule is C1CCNCC1.O=C(Nc1ccn(CCC(F)Cn2cc(C(=O)NCc3cccc(OC(F)(F)F)c3)nn2)c(=O)c1F)C(=O)N1CCCCC1.O=C(O)C(=O)Nc1ccn(CCC(F)Cn2cc(C(=O)NCc3cccc(OC(F)(F)F)c3)nn2)c(=O)c1F.[Li+]. The first-order valence-corrected chi connectivity index (χ1v) is 27.2. The number of benzene rings is 2. The first-order chi connectivity index (χ1) is 42.2. The normalized spacial score (nSPS) is 13.7. The third kappa shape index (κ3) is 23.4. The molecule has 36 heteroatoms. The van der Waals surface area contributed by atoms with Crippen LogP contribution in [0.3, 0.4) is 0 Å². The van der Waals surface area contributed by atoms with E-state index in [0.717, 1.165) is 86.6 Å². The van der Waals surface area contributed by atoms with E-state index in [-0.39, 0.29) is 82.4 Å². The van der Waals surface area contributed by atoms with Gasteiger partial charge in [0.25, 0.3) is 22.9 Å². The maximum absolute atomic E-state index is 14.7. The van der Waals surface area contributed by atoms with Gasteiger partial charge in [0.1, 0.15) is 23.8 Å². The molecule has 480 valence electrons. The maximum atomic E-state index is 14.7. The van der Waals surface area contributed by atoms with Crippen LogP contribution in [0.4, 0.5) is 55.3 Å². The number of nitrogens with one attached hydrogen (secondary N) is 5. The number of aliphatic carboxylic acids is 1. The van der Waals surface area contributed by atoms with Crippen LogP contribution >= 0.6 is 0 Å². The fraction of sp³-hybridized carbons (Fsp3) is 0.407. The van der Waals surface area contributed by atoms with Crippen molar-refractivity contribution in [3.8, 4) is 11.5 Å². The first-order valence-electron chi connectivity index (χ1n) is 27.2. The van der Waals surface area contributed by atoms with E-state index in [1.807, 2.05) is 0 Å². The van der Waals surface area contributed by atoms with Crippen molar-refractivity contribution in [2.75, 3.05) is 36.8 Å². The molecule has 2 saturated heterocycles. The molecule has 6 heterocycles. The number of alkyl halides is 8. The summed E-state index contributed by atoms with van der Waals surface area (Å²) in [5.74, 6) is -10.3. The molecular formula is C54H58F10LiN14O11+. The van der Waals surface area contributed by atoms with Crippen molar-refractivity contribution in [3.05, 3.63) is 140 Å². The van der Waals surface area contributed by atoms with E-state index in [0.29, 0.717) is 24.2 Å². The number of amides is 5. The number of aromatic nitrogens is 8. The molecule has 6 aromatic rings. The molecule has 2 fully saturated rings. The summed E-state index contributed by atoms with van der Waals surface area (Å²) in [6, 6.07) is 12.0. The number of rotatable bonds is 20. The van der Waals surface area contributed by atoms with E-state index < -0.39 is 106 Å². The molecular weight excluding hydrogens is 1220 g/mol. The van der Waals surface area contributed by atoms with Gasteiger partial charge in [0.05, 0.1) is 36.9 Å². The number of piperidine rings is 2. The fourth-order valence-electron chi connectivity index (χ4n) is 8.41. The number of carboxylic acid groups (broad SMARTS) is 1. The Balaban J connectivity index is 0.000000297. The molecule has 0 spiro atoms. The van der Waals surface area contributed by atoms with Crippen molar-refractivity contribution in [3.63, 3.8) is 0 Å².